The largest absolute Gasteiger partial charge is 0.396 e. The molecule has 0 atom stereocenters. The number of anilines is 1. The molecule has 0 heterocycles. The van der Waals surface area contributed by atoms with E-state index in [9.17, 15) is 12.8 Å². The normalized spacial score (nSPS) is 12.1. The van der Waals surface area contributed by atoms with E-state index in [4.69, 9.17) is 5.73 Å². The molecule has 1 rings (SSSR count). The van der Waals surface area contributed by atoms with Gasteiger partial charge in [-0.1, -0.05) is 0 Å². The van der Waals surface area contributed by atoms with Gasteiger partial charge in [0.15, 0.2) is 0 Å². The lowest BCUT2D eigenvalue weighted by Crippen LogP contribution is -2.30. The van der Waals surface area contributed by atoms with Crippen molar-refractivity contribution in [3.05, 3.63) is 22.4 Å². The van der Waals surface area contributed by atoms with Crippen LogP contribution in [0.3, 0.4) is 0 Å². The van der Waals surface area contributed by atoms with Crippen molar-refractivity contribution in [1.82, 2.24) is 4.72 Å². The lowest BCUT2D eigenvalue weighted by Gasteiger charge is -2.11. The van der Waals surface area contributed by atoms with Gasteiger partial charge < -0.3 is 5.73 Å². The highest BCUT2D eigenvalue weighted by Gasteiger charge is 2.20. The zero-order valence-corrected chi connectivity index (χ0v) is 11.2. The zero-order valence-electron chi connectivity index (χ0n) is 8.79. The first-order valence-electron chi connectivity index (χ1n) is 4.51. The molecule has 16 heavy (non-hydrogen) atoms. The molecule has 4 nitrogen and oxygen atoms in total. The molecule has 1 aromatic carbocycles. The summed E-state index contributed by atoms with van der Waals surface area (Å²) in [6, 6.07) is 1.87. The van der Waals surface area contributed by atoms with Crippen LogP contribution in [0.5, 0.6) is 0 Å². The van der Waals surface area contributed by atoms with Crippen molar-refractivity contribution in [1.29, 1.82) is 0 Å². The second-order valence-electron chi connectivity index (χ2n) is 3.58. The van der Waals surface area contributed by atoms with Gasteiger partial charge in [-0.3, -0.25) is 0 Å². The Morgan fingerprint density at radius 1 is 1.44 bits per heavy atom. The summed E-state index contributed by atoms with van der Waals surface area (Å²) >= 11 is 2.99. The monoisotopic (exact) mass is 310 g/mol. The summed E-state index contributed by atoms with van der Waals surface area (Å²) in [5, 5.41) is 0. The minimum absolute atomic E-state index is 0.0694. The summed E-state index contributed by atoms with van der Waals surface area (Å²) in [7, 11) is -3.67. The van der Waals surface area contributed by atoms with Crippen molar-refractivity contribution in [3.63, 3.8) is 0 Å². The van der Waals surface area contributed by atoms with Crippen LogP contribution in [0.1, 0.15) is 13.8 Å². The van der Waals surface area contributed by atoms with Gasteiger partial charge in [0.2, 0.25) is 10.0 Å². The number of hydrogen-bond acceptors (Lipinski definition) is 3. The van der Waals surface area contributed by atoms with Crippen LogP contribution in [0.25, 0.3) is 0 Å². The third kappa shape index (κ3) is 2.93. The Morgan fingerprint density at radius 2 is 2.00 bits per heavy atom. The van der Waals surface area contributed by atoms with E-state index in [0.29, 0.717) is 0 Å². The van der Waals surface area contributed by atoms with E-state index in [-0.39, 0.29) is 21.1 Å². The highest BCUT2D eigenvalue weighted by Crippen LogP contribution is 2.26. The number of nitrogens with two attached hydrogens (primary N) is 1. The van der Waals surface area contributed by atoms with Crippen LogP contribution >= 0.6 is 15.9 Å². The first-order valence-corrected chi connectivity index (χ1v) is 6.78. The van der Waals surface area contributed by atoms with Gasteiger partial charge in [0.1, 0.15) is 5.82 Å². The number of halogens is 2. The SMILES string of the molecule is CC(C)NS(=O)(=O)c1cc(N)c(F)cc1Br. The number of nitrogens with one attached hydrogen (secondary N) is 1. The molecular weight excluding hydrogens is 299 g/mol. The standard InChI is InChI=1S/C9H12BrFN2O2S/c1-5(2)13-16(14,15)9-4-8(12)7(11)3-6(9)10/h3-5,13H,12H2,1-2H3. The fourth-order valence-corrected chi connectivity index (χ4v) is 3.42. The molecule has 0 aromatic heterocycles. The Kier molecular flexibility index (Phi) is 3.92. The molecule has 0 spiro atoms. The molecule has 3 N–H and O–H groups in total. The first-order chi connectivity index (χ1) is 7.24. The minimum Gasteiger partial charge on any atom is -0.396 e. The van der Waals surface area contributed by atoms with Crippen molar-refractivity contribution < 1.29 is 12.8 Å². The summed E-state index contributed by atoms with van der Waals surface area (Å²) in [6.07, 6.45) is 0. The molecule has 0 aliphatic carbocycles. The number of nitrogen functional groups attached to an aromatic ring is 1. The minimum atomic E-state index is -3.67. The molecule has 0 amide bonds. The van der Waals surface area contributed by atoms with Crippen LogP contribution in [-0.4, -0.2) is 14.5 Å². The van der Waals surface area contributed by atoms with Crippen molar-refractivity contribution >= 4 is 31.6 Å². The van der Waals surface area contributed by atoms with E-state index in [1.807, 2.05) is 0 Å². The Bertz CT molecular complexity index is 502. The van der Waals surface area contributed by atoms with Crippen LogP contribution in [0.2, 0.25) is 0 Å². The lowest BCUT2D eigenvalue weighted by atomic mass is 10.3. The fourth-order valence-electron chi connectivity index (χ4n) is 1.12. The third-order valence-corrected chi connectivity index (χ3v) is 4.35. The molecule has 1 aromatic rings. The van der Waals surface area contributed by atoms with Crippen molar-refractivity contribution in [2.75, 3.05) is 5.73 Å². The fraction of sp³-hybridized carbons (Fsp3) is 0.333. The predicted molar refractivity (Wildman–Crippen MR) is 64.0 cm³/mol. The maximum Gasteiger partial charge on any atom is 0.242 e. The van der Waals surface area contributed by atoms with E-state index in [2.05, 4.69) is 20.7 Å². The van der Waals surface area contributed by atoms with Crippen LogP contribution in [-0.2, 0) is 10.0 Å². The number of sulfonamides is 1. The van der Waals surface area contributed by atoms with Gasteiger partial charge in [-0.25, -0.2) is 17.5 Å². The molecule has 0 saturated carbocycles. The third-order valence-electron chi connectivity index (χ3n) is 1.73. The van der Waals surface area contributed by atoms with E-state index in [0.717, 1.165) is 12.1 Å². The van der Waals surface area contributed by atoms with Crippen molar-refractivity contribution in [2.24, 2.45) is 0 Å². The molecule has 0 fully saturated rings. The van der Waals surface area contributed by atoms with E-state index < -0.39 is 15.8 Å². The van der Waals surface area contributed by atoms with Crippen LogP contribution in [0.4, 0.5) is 10.1 Å². The van der Waals surface area contributed by atoms with E-state index in [1.165, 1.54) is 0 Å². The maximum atomic E-state index is 13.0. The summed E-state index contributed by atoms with van der Waals surface area (Å²) < 4.78 is 39.2. The van der Waals surface area contributed by atoms with Gasteiger partial charge in [0.25, 0.3) is 0 Å². The molecule has 0 aliphatic rings. The number of rotatable bonds is 3. The molecule has 90 valence electrons. The van der Waals surface area contributed by atoms with Gasteiger partial charge >= 0.3 is 0 Å². The second-order valence-corrected chi connectivity index (χ2v) is 6.12. The Labute approximate surface area is 102 Å². The molecule has 0 aliphatic heterocycles. The number of benzene rings is 1. The van der Waals surface area contributed by atoms with Gasteiger partial charge in [-0.2, -0.15) is 0 Å². The second kappa shape index (κ2) is 4.68. The van der Waals surface area contributed by atoms with Gasteiger partial charge in [0, 0.05) is 10.5 Å². The quantitative estimate of drug-likeness (QED) is 0.837. The molecule has 0 saturated heterocycles. The summed E-state index contributed by atoms with van der Waals surface area (Å²) in [6.45, 7) is 3.39. The summed E-state index contributed by atoms with van der Waals surface area (Å²) in [5.41, 5.74) is 5.13. The van der Waals surface area contributed by atoms with Gasteiger partial charge in [-0.15, -0.1) is 0 Å². The van der Waals surface area contributed by atoms with Crippen molar-refractivity contribution in [3.8, 4) is 0 Å². The first kappa shape index (κ1) is 13.4. The molecule has 0 radical (unpaired) electrons. The summed E-state index contributed by atoms with van der Waals surface area (Å²) in [5.74, 6) is -0.657. The van der Waals surface area contributed by atoms with Gasteiger partial charge in [0.05, 0.1) is 10.6 Å². The Morgan fingerprint density at radius 3 is 2.50 bits per heavy atom. The van der Waals surface area contributed by atoms with Gasteiger partial charge in [-0.05, 0) is 41.9 Å². The Balaban J connectivity index is 3.29. The summed E-state index contributed by atoms with van der Waals surface area (Å²) in [4.78, 5) is -0.0694. The number of hydrogen-bond donors (Lipinski definition) is 2. The highest BCUT2D eigenvalue weighted by molar-refractivity contribution is 9.10. The van der Waals surface area contributed by atoms with E-state index >= 15 is 0 Å². The average molecular weight is 311 g/mol. The van der Waals surface area contributed by atoms with Crippen LogP contribution in [0.15, 0.2) is 21.5 Å². The average Bonchev–Trinajstić information content (AvgIpc) is 2.08. The maximum absolute atomic E-state index is 13.0. The van der Waals surface area contributed by atoms with Crippen LogP contribution in [0, 0.1) is 5.82 Å². The zero-order chi connectivity index (χ0) is 12.5. The Hall–Kier alpha value is -0.660. The molecule has 7 heteroatoms. The highest BCUT2D eigenvalue weighted by atomic mass is 79.9. The van der Waals surface area contributed by atoms with Crippen molar-refractivity contribution in [2.45, 2.75) is 24.8 Å². The topological polar surface area (TPSA) is 72.2 Å². The molecule has 0 bridgehead atoms. The molecule has 0 unspecified atom stereocenters. The smallest absolute Gasteiger partial charge is 0.242 e. The molecular formula is C9H12BrFN2O2S. The van der Waals surface area contributed by atoms with E-state index in [1.54, 1.807) is 13.8 Å². The lowest BCUT2D eigenvalue weighted by molar-refractivity contribution is 0.568. The predicted octanol–water partition coefficient (Wildman–Crippen LogP) is 1.86. The van der Waals surface area contributed by atoms with Crippen LogP contribution < -0.4 is 10.5 Å².